The summed E-state index contributed by atoms with van der Waals surface area (Å²) in [7, 11) is 0. The van der Waals surface area contributed by atoms with Crippen LogP contribution in [0.5, 0.6) is 0 Å². The van der Waals surface area contributed by atoms with E-state index in [-0.39, 0.29) is 0 Å². The van der Waals surface area contributed by atoms with Crippen LogP contribution in [0.1, 0.15) is 45.4 Å². The molecule has 2 heterocycles. The predicted octanol–water partition coefficient (Wildman–Crippen LogP) is 1.94. The zero-order valence-corrected chi connectivity index (χ0v) is 12.2. The summed E-state index contributed by atoms with van der Waals surface area (Å²) in [4.78, 5) is 5.41. The van der Waals surface area contributed by atoms with Crippen molar-refractivity contribution in [2.24, 2.45) is 0 Å². The third kappa shape index (κ3) is 4.52. The van der Waals surface area contributed by atoms with Crippen LogP contribution in [0.2, 0.25) is 0 Å². The lowest BCUT2D eigenvalue weighted by atomic mass is 10.0. The average molecular weight is 253 g/mol. The van der Waals surface area contributed by atoms with E-state index in [1.54, 1.807) is 0 Å². The number of piperidine rings is 1. The maximum absolute atomic E-state index is 3.48. The molecule has 2 saturated heterocycles. The normalized spacial score (nSPS) is 23.0. The number of likely N-dealkylation sites (tertiary alicyclic amines) is 1. The van der Waals surface area contributed by atoms with Crippen molar-refractivity contribution in [3.05, 3.63) is 0 Å². The topological polar surface area (TPSA) is 18.5 Å². The fourth-order valence-electron chi connectivity index (χ4n) is 3.44. The smallest absolute Gasteiger partial charge is 0.0119 e. The first-order valence-electron chi connectivity index (χ1n) is 8.07. The molecule has 0 radical (unpaired) electrons. The van der Waals surface area contributed by atoms with Crippen LogP contribution in [0.3, 0.4) is 0 Å². The molecule has 0 bridgehead atoms. The molecule has 1 N–H and O–H groups in total. The van der Waals surface area contributed by atoms with Crippen molar-refractivity contribution in [1.29, 1.82) is 0 Å². The Kier molecular flexibility index (Phi) is 6.46. The first-order chi connectivity index (χ1) is 8.90. The maximum Gasteiger partial charge on any atom is 0.0119 e. The average Bonchev–Trinajstić information content (AvgIpc) is 2.92. The summed E-state index contributed by atoms with van der Waals surface area (Å²) in [5, 5.41) is 3.48. The molecule has 0 saturated carbocycles. The Morgan fingerprint density at radius 2 is 1.83 bits per heavy atom. The Bertz CT molecular complexity index is 208. The van der Waals surface area contributed by atoms with E-state index in [1.807, 2.05) is 0 Å². The molecule has 3 heteroatoms. The molecular formula is C15H31N3. The molecule has 2 aliphatic rings. The zero-order chi connectivity index (χ0) is 12.6. The summed E-state index contributed by atoms with van der Waals surface area (Å²) in [5.74, 6) is 0. The summed E-state index contributed by atoms with van der Waals surface area (Å²) >= 11 is 0. The molecular weight excluding hydrogens is 222 g/mol. The highest BCUT2D eigenvalue weighted by Gasteiger charge is 2.20. The fourth-order valence-corrected chi connectivity index (χ4v) is 3.44. The molecule has 0 aromatic rings. The number of nitrogens with one attached hydrogen (secondary N) is 1. The van der Waals surface area contributed by atoms with Gasteiger partial charge in [-0.25, -0.2) is 0 Å². The Labute approximate surface area is 113 Å². The van der Waals surface area contributed by atoms with Crippen molar-refractivity contribution < 1.29 is 0 Å². The molecule has 0 atom stereocenters. The van der Waals surface area contributed by atoms with Gasteiger partial charge in [0.15, 0.2) is 0 Å². The van der Waals surface area contributed by atoms with Gasteiger partial charge >= 0.3 is 0 Å². The Hall–Kier alpha value is -0.120. The maximum atomic E-state index is 3.48. The summed E-state index contributed by atoms with van der Waals surface area (Å²) in [6.45, 7) is 11.4. The van der Waals surface area contributed by atoms with Crippen molar-refractivity contribution in [2.75, 3.05) is 45.8 Å². The van der Waals surface area contributed by atoms with E-state index < -0.39 is 0 Å². The molecule has 0 spiro atoms. The molecule has 3 nitrogen and oxygen atoms in total. The van der Waals surface area contributed by atoms with E-state index >= 15 is 0 Å². The monoisotopic (exact) mass is 253 g/mol. The number of rotatable bonds is 7. The highest BCUT2D eigenvalue weighted by Crippen LogP contribution is 2.14. The first-order valence-corrected chi connectivity index (χ1v) is 8.07. The second kappa shape index (κ2) is 8.13. The van der Waals surface area contributed by atoms with E-state index in [2.05, 4.69) is 22.0 Å². The standard InChI is InChI=1S/C15H31N3/c1-2-10-18(15-6-8-16-9-7-15)14-5-13-17-11-3-4-12-17/h15-16H,2-14H2,1H3. The molecule has 2 rings (SSSR count). The number of hydrogen-bond acceptors (Lipinski definition) is 3. The zero-order valence-electron chi connectivity index (χ0n) is 12.2. The molecule has 0 aromatic carbocycles. The van der Waals surface area contributed by atoms with Gasteiger partial charge in [0.2, 0.25) is 0 Å². The largest absolute Gasteiger partial charge is 0.317 e. The van der Waals surface area contributed by atoms with Gasteiger partial charge < -0.3 is 15.1 Å². The van der Waals surface area contributed by atoms with Crippen LogP contribution in [0, 0.1) is 0 Å². The molecule has 2 fully saturated rings. The summed E-state index contributed by atoms with van der Waals surface area (Å²) in [6, 6.07) is 0.852. The Balaban J connectivity index is 1.67. The highest BCUT2D eigenvalue weighted by molar-refractivity contribution is 4.78. The van der Waals surface area contributed by atoms with Crippen molar-refractivity contribution in [3.8, 4) is 0 Å². The molecule has 0 amide bonds. The number of nitrogens with zero attached hydrogens (tertiary/aromatic N) is 2. The minimum absolute atomic E-state index is 0.852. The van der Waals surface area contributed by atoms with Crippen LogP contribution >= 0.6 is 0 Å². The third-order valence-corrected chi connectivity index (χ3v) is 4.45. The van der Waals surface area contributed by atoms with Gasteiger partial charge in [-0.2, -0.15) is 0 Å². The van der Waals surface area contributed by atoms with Gasteiger partial charge in [-0.05, 0) is 84.3 Å². The van der Waals surface area contributed by atoms with Gasteiger partial charge in [0.05, 0.1) is 0 Å². The van der Waals surface area contributed by atoms with Gasteiger partial charge in [0.25, 0.3) is 0 Å². The van der Waals surface area contributed by atoms with Crippen LogP contribution < -0.4 is 5.32 Å². The minimum Gasteiger partial charge on any atom is -0.317 e. The van der Waals surface area contributed by atoms with Crippen LogP contribution in [0.15, 0.2) is 0 Å². The van der Waals surface area contributed by atoms with Gasteiger partial charge in [0, 0.05) is 6.04 Å². The number of hydrogen-bond donors (Lipinski definition) is 1. The van der Waals surface area contributed by atoms with E-state index in [1.165, 1.54) is 84.3 Å². The molecule has 0 aromatic heterocycles. The van der Waals surface area contributed by atoms with Gasteiger partial charge in [-0.1, -0.05) is 6.92 Å². The van der Waals surface area contributed by atoms with Crippen LogP contribution in [0.25, 0.3) is 0 Å². The van der Waals surface area contributed by atoms with E-state index in [4.69, 9.17) is 0 Å². The second-order valence-electron chi connectivity index (χ2n) is 5.92. The quantitative estimate of drug-likeness (QED) is 0.748. The first kappa shape index (κ1) is 14.3. The lowest BCUT2D eigenvalue weighted by Gasteiger charge is -2.34. The van der Waals surface area contributed by atoms with Crippen molar-refractivity contribution >= 4 is 0 Å². The third-order valence-electron chi connectivity index (χ3n) is 4.45. The minimum atomic E-state index is 0.852. The highest BCUT2D eigenvalue weighted by atomic mass is 15.2. The lowest BCUT2D eigenvalue weighted by molar-refractivity contribution is 0.153. The molecule has 106 valence electrons. The van der Waals surface area contributed by atoms with E-state index in [0.29, 0.717) is 0 Å². The second-order valence-corrected chi connectivity index (χ2v) is 5.92. The lowest BCUT2D eigenvalue weighted by Crippen LogP contribution is -2.44. The van der Waals surface area contributed by atoms with Crippen molar-refractivity contribution in [2.45, 2.75) is 51.5 Å². The Morgan fingerprint density at radius 3 is 2.50 bits per heavy atom. The predicted molar refractivity (Wildman–Crippen MR) is 78.0 cm³/mol. The van der Waals surface area contributed by atoms with Gasteiger partial charge in [-0.15, -0.1) is 0 Å². The SMILES string of the molecule is CCCN(CCCN1CCCC1)C1CCNCC1. The van der Waals surface area contributed by atoms with E-state index in [9.17, 15) is 0 Å². The summed E-state index contributed by atoms with van der Waals surface area (Å²) in [5.41, 5.74) is 0. The molecule has 0 aliphatic carbocycles. The van der Waals surface area contributed by atoms with Crippen LogP contribution in [-0.4, -0.2) is 61.7 Å². The van der Waals surface area contributed by atoms with Crippen LogP contribution in [0.4, 0.5) is 0 Å². The van der Waals surface area contributed by atoms with E-state index in [0.717, 1.165) is 6.04 Å². The molecule has 0 unspecified atom stereocenters. The molecule has 18 heavy (non-hydrogen) atoms. The van der Waals surface area contributed by atoms with Gasteiger partial charge in [-0.3, -0.25) is 0 Å². The van der Waals surface area contributed by atoms with Crippen molar-refractivity contribution in [1.82, 2.24) is 15.1 Å². The summed E-state index contributed by atoms with van der Waals surface area (Å²) in [6.07, 6.45) is 8.21. The summed E-state index contributed by atoms with van der Waals surface area (Å²) < 4.78 is 0. The van der Waals surface area contributed by atoms with Crippen LogP contribution in [-0.2, 0) is 0 Å². The molecule has 2 aliphatic heterocycles. The Morgan fingerprint density at radius 1 is 1.11 bits per heavy atom. The van der Waals surface area contributed by atoms with Crippen molar-refractivity contribution in [3.63, 3.8) is 0 Å². The fraction of sp³-hybridized carbons (Fsp3) is 1.00. The van der Waals surface area contributed by atoms with Gasteiger partial charge in [0.1, 0.15) is 0 Å².